The van der Waals surface area contributed by atoms with Crippen molar-refractivity contribution in [2.45, 2.75) is 51.9 Å². The SMILES string of the molecule is CCCCCCCCc1ccc(OCCOCCOCCOCCOCCOCCP(CCS(=O)(=O)[O-])c2ccccc2)cc1. The highest BCUT2D eigenvalue weighted by atomic mass is 32.2. The minimum Gasteiger partial charge on any atom is -0.748 e. The molecule has 0 N–H and O–H groups in total. The van der Waals surface area contributed by atoms with E-state index < -0.39 is 18.0 Å². The van der Waals surface area contributed by atoms with Crippen LogP contribution in [0.3, 0.4) is 0 Å². The fourth-order valence-electron chi connectivity index (χ4n) is 4.47. The smallest absolute Gasteiger partial charge is 0.119 e. The average molecular weight is 670 g/mol. The first kappa shape index (κ1) is 39.6. The largest absolute Gasteiger partial charge is 0.748 e. The maximum Gasteiger partial charge on any atom is 0.119 e. The summed E-state index contributed by atoms with van der Waals surface area (Å²) in [6, 6.07) is 18.1. The number of ether oxygens (including phenoxy) is 6. The first-order valence-electron chi connectivity index (χ1n) is 16.3. The summed E-state index contributed by atoms with van der Waals surface area (Å²) in [6.45, 7) is 7.58. The highest BCUT2D eigenvalue weighted by molar-refractivity contribution is 7.86. The number of hydrogen-bond acceptors (Lipinski definition) is 9. The second-order valence-corrected chi connectivity index (χ2v) is 14.7. The Morgan fingerprint density at radius 1 is 0.600 bits per heavy atom. The summed E-state index contributed by atoms with van der Waals surface area (Å²) < 4.78 is 66.8. The molecule has 0 spiro atoms. The monoisotopic (exact) mass is 669 g/mol. The Kier molecular flexibility index (Phi) is 23.3. The standard InChI is InChI=1S/C34H55O9PS/c1-2-3-4-5-6-8-11-32-14-16-33(17-15-32)43-27-26-41-23-22-39-19-18-38-20-21-40-24-25-42-28-29-44(30-31-45(35,36)37)34-12-9-7-10-13-34/h7,9-10,12-17H,2-6,8,11,18-31H2,1H3,(H,35,36,37)/p-1. The molecular formula is C34H54O9PS-. The van der Waals surface area contributed by atoms with Crippen molar-refractivity contribution in [2.24, 2.45) is 0 Å². The first-order chi connectivity index (χ1) is 22.0. The van der Waals surface area contributed by atoms with Crippen LogP contribution in [0, 0.1) is 0 Å². The Hall–Kier alpha value is -1.62. The van der Waals surface area contributed by atoms with Gasteiger partial charge in [-0.1, -0.05) is 89.4 Å². The van der Waals surface area contributed by atoms with E-state index in [0.29, 0.717) is 85.0 Å². The van der Waals surface area contributed by atoms with E-state index >= 15 is 0 Å². The third-order valence-electron chi connectivity index (χ3n) is 6.96. The van der Waals surface area contributed by atoms with Gasteiger partial charge in [-0.3, -0.25) is 0 Å². The maximum atomic E-state index is 11.1. The van der Waals surface area contributed by atoms with Gasteiger partial charge in [0.15, 0.2) is 0 Å². The maximum absolute atomic E-state index is 11.1. The molecule has 2 aromatic rings. The van der Waals surface area contributed by atoms with Crippen molar-refractivity contribution in [3.63, 3.8) is 0 Å². The molecule has 0 bridgehead atoms. The minimum atomic E-state index is -4.23. The summed E-state index contributed by atoms with van der Waals surface area (Å²) in [5.41, 5.74) is 1.37. The Bertz CT molecular complexity index is 1060. The number of aryl methyl sites for hydroxylation is 1. The summed E-state index contributed by atoms with van der Waals surface area (Å²) in [7, 11) is -4.99. The van der Waals surface area contributed by atoms with Crippen molar-refractivity contribution in [3.05, 3.63) is 60.2 Å². The summed E-state index contributed by atoms with van der Waals surface area (Å²) in [5, 5.41) is 1.07. The van der Waals surface area contributed by atoms with E-state index in [2.05, 4.69) is 19.1 Å². The van der Waals surface area contributed by atoms with Gasteiger partial charge < -0.3 is 33.0 Å². The predicted octanol–water partition coefficient (Wildman–Crippen LogP) is 5.40. The third-order valence-corrected chi connectivity index (χ3v) is 10.5. The van der Waals surface area contributed by atoms with Crippen LogP contribution < -0.4 is 10.0 Å². The van der Waals surface area contributed by atoms with Gasteiger partial charge in [-0.2, -0.15) is 0 Å². The molecule has 9 nitrogen and oxygen atoms in total. The Balaban J connectivity index is 1.33. The summed E-state index contributed by atoms with van der Waals surface area (Å²) in [6.07, 6.45) is 10.1. The lowest BCUT2D eigenvalue weighted by Gasteiger charge is -2.19. The van der Waals surface area contributed by atoms with E-state index in [0.717, 1.165) is 17.5 Å². The van der Waals surface area contributed by atoms with Gasteiger partial charge in [0, 0.05) is 5.75 Å². The molecule has 1 unspecified atom stereocenters. The molecule has 256 valence electrons. The molecular weight excluding hydrogens is 615 g/mol. The van der Waals surface area contributed by atoms with E-state index in [1.807, 2.05) is 42.5 Å². The number of hydrogen-bond donors (Lipinski definition) is 0. The van der Waals surface area contributed by atoms with E-state index in [9.17, 15) is 13.0 Å². The highest BCUT2D eigenvalue weighted by Crippen LogP contribution is 2.33. The summed E-state index contributed by atoms with van der Waals surface area (Å²) in [4.78, 5) is 0. The molecule has 0 heterocycles. The lowest BCUT2D eigenvalue weighted by atomic mass is 10.0. The molecule has 1 atom stereocenters. The summed E-state index contributed by atoms with van der Waals surface area (Å²) >= 11 is 0. The van der Waals surface area contributed by atoms with Crippen LogP contribution >= 0.6 is 7.92 Å². The van der Waals surface area contributed by atoms with Gasteiger partial charge in [-0.05, 0) is 48.2 Å². The third kappa shape index (κ3) is 22.5. The molecule has 11 heteroatoms. The van der Waals surface area contributed by atoms with Crippen molar-refractivity contribution in [1.29, 1.82) is 0 Å². The normalized spacial score (nSPS) is 12.4. The summed E-state index contributed by atoms with van der Waals surface area (Å²) in [5.74, 6) is 0.526. The molecule has 2 rings (SSSR count). The second-order valence-electron chi connectivity index (χ2n) is 10.7. The van der Waals surface area contributed by atoms with Gasteiger partial charge in [0.05, 0.1) is 76.2 Å². The van der Waals surface area contributed by atoms with E-state index in [4.69, 9.17) is 28.4 Å². The molecule has 0 saturated carbocycles. The van der Waals surface area contributed by atoms with Crippen LogP contribution in [-0.2, 0) is 40.2 Å². The fourth-order valence-corrected chi connectivity index (χ4v) is 7.93. The molecule has 0 aromatic heterocycles. The zero-order valence-corrected chi connectivity index (χ0v) is 28.8. The Labute approximate surface area is 272 Å². The molecule has 0 aliphatic rings. The fraction of sp³-hybridized carbons (Fsp3) is 0.647. The van der Waals surface area contributed by atoms with Crippen molar-refractivity contribution < 1.29 is 41.4 Å². The van der Waals surface area contributed by atoms with E-state index in [-0.39, 0.29) is 5.75 Å². The van der Waals surface area contributed by atoms with E-state index in [1.54, 1.807) is 0 Å². The van der Waals surface area contributed by atoms with Crippen LogP contribution in [0.1, 0.15) is 51.0 Å². The van der Waals surface area contributed by atoms with Crippen LogP contribution in [0.5, 0.6) is 5.75 Å². The second kappa shape index (κ2) is 26.4. The molecule has 45 heavy (non-hydrogen) atoms. The van der Waals surface area contributed by atoms with Crippen LogP contribution in [0.15, 0.2) is 54.6 Å². The lowest BCUT2D eigenvalue weighted by Crippen LogP contribution is -2.17. The van der Waals surface area contributed by atoms with Gasteiger partial charge >= 0.3 is 0 Å². The number of benzene rings is 2. The Morgan fingerprint density at radius 3 is 1.67 bits per heavy atom. The zero-order valence-electron chi connectivity index (χ0n) is 27.1. The van der Waals surface area contributed by atoms with Gasteiger partial charge in [0.1, 0.15) is 12.4 Å². The Morgan fingerprint density at radius 2 is 1.11 bits per heavy atom. The molecule has 0 aliphatic carbocycles. The van der Waals surface area contributed by atoms with Gasteiger partial charge in [-0.25, -0.2) is 8.42 Å². The number of rotatable bonds is 30. The van der Waals surface area contributed by atoms with Crippen molar-refractivity contribution in [1.82, 2.24) is 0 Å². The molecule has 0 saturated heterocycles. The van der Waals surface area contributed by atoms with Crippen molar-refractivity contribution in [2.75, 3.05) is 90.8 Å². The predicted molar refractivity (Wildman–Crippen MR) is 180 cm³/mol. The minimum absolute atomic E-state index is 0.347. The molecule has 0 radical (unpaired) electrons. The molecule has 0 amide bonds. The van der Waals surface area contributed by atoms with Gasteiger partial charge in [0.2, 0.25) is 0 Å². The molecule has 0 fully saturated rings. The first-order valence-corrected chi connectivity index (χ1v) is 19.6. The quantitative estimate of drug-likeness (QED) is 0.0613. The van der Waals surface area contributed by atoms with Crippen LogP contribution in [0.4, 0.5) is 0 Å². The van der Waals surface area contributed by atoms with E-state index in [1.165, 1.54) is 44.1 Å². The number of unbranched alkanes of at least 4 members (excludes halogenated alkanes) is 5. The van der Waals surface area contributed by atoms with Crippen LogP contribution in [0.2, 0.25) is 0 Å². The topological polar surface area (TPSA) is 113 Å². The average Bonchev–Trinajstić information content (AvgIpc) is 3.04. The van der Waals surface area contributed by atoms with Crippen molar-refractivity contribution >= 4 is 23.3 Å². The highest BCUT2D eigenvalue weighted by Gasteiger charge is 2.12. The van der Waals surface area contributed by atoms with Gasteiger partial charge in [-0.15, -0.1) is 0 Å². The lowest BCUT2D eigenvalue weighted by molar-refractivity contribution is -0.0118. The zero-order chi connectivity index (χ0) is 32.3. The van der Waals surface area contributed by atoms with Crippen LogP contribution in [0.25, 0.3) is 0 Å². The molecule has 0 aliphatic heterocycles. The van der Waals surface area contributed by atoms with Gasteiger partial charge in [0.25, 0.3) is 0 Å². The van der Waals surface area contributed by atoms with Crippen LogP contribution in [-0.4, -0.2) is 104 Å². The van der Waals surface area contributed by atoms with Crippen molar-refractivity contribution in [3.8, 4) is 5.75 Å². The molecule has 2 aromatic carbocycles.